The van der Waals surface area contributed by atoms with Crippen molar-refractivity contribution < 1.29 is 18.7 Å². The molecule has 3 heterocycles. The van der Waals surface area contributed by atoms with Crippen LogP contribution in [0.3, 0.4) is 0 Å². The van der Waals surface area contributed by atoms with Gasteiger partial charge in [-0.25, -0.2) is 4.39 Å². The summed E-state index contributed by atoms with van der Waals surface area (Å²) in [5.74, 6) is 0.495. The lowest BCUT2D eigenvalue weighted by Gasteiger charge is -2.19. The van der Waals surface area contributed by atoms with Crippen molar-refractivity contribution in [2.24, 2.45) is 0 Å². The normalized spacial score (nSPS) is 12.1. The predicted octanol–water partition coefficient (Wildman–Crippen LogP) is 5.75. The molecular weight excluding hydrogens is 444 g/mol. The topological polar surface area (TPSA) is 58.4 Å². The summed E-state index contributed by atoms with van der Waals surface area (Å²) < 4.78 is 26.3. The molecule has 31 heavy (non-hydrogen) atoms. The number of halogens is 3. The van der Waals surface area contributed by atoms with Crippen LogP contribution in [0, 0.1) is 5.82 Å². The minimum absolute atomic E-state index is 0.0689. The second-order valence-electron chi connectivity index (χ2n) is 6.67. The van der Waals surface area contributed by atoms with Gasteiger partial charge in [0.1, 0.15) is 17.0 Å². The van der Waals surface area contributed by atoms with E-state index >= 15 is 0 Å². The van der Waals surface area contributed by atoms with Gasteiger partial charge in [-0.15, -0.1) is 0 Å². The summed E-state index contributed by atoms with van der Waals surface area (Å²) in [4.78, 5) is 14.9. The highest BCUT2D eigenvalue weighted by atomic mass is 35.5. The van der Waals surface area contributed by atoms with Gasteiger partial charge in [0.05, 0.1) is 24.8 Å². The molecule has 0 amide bonds. The lowest BCUT2D eigenvalue weighted by atomic mass is 10.1. The molecule has 0 fully saturated rings. The fourth-order valence-electron chi connectivity index (χ4n) is 3.34. The fourth-order valence-corrected chi connectivity index (χ4v) is 4.02. The zero-order chi connectivity index (χ0) is 22.1. The van der Waals surface area contributed by atoms with Crippen molar-refractivity contribution in [2.45, 2.75) is 13.0 Å². The highest BCUT2D eigenvalue weighted by Gasteiger charge is 2.20. The maximum Gasteiger partial charge on any atom is 0.187 e. The third kappa shape index (κ3) is 3.86. The van der Waals surface area contributed by atoms with Crippen LogP contribution in [-0.2, 0) is 0 Å². The van der Waals surface area contributed by atoms with Crippen molar-refractivity contribution in [1.29, 1.82) is 0 Å². The van der Waals surface area contributed by atoms with E-state index in [1.54, 1.807) is 56.6 Å². The van der Waals surface area contributed by atoms with Crippen molar-refractivity contribution >= 4 is 34.2 Å². The lowest BCUT2D eigenvalue weighted by molar-refractivity contribution is 0.0562. The third-order valence-corrected chi connectivity index (χ3v) is 5.54. The van der Waals surface area contributed by atoms with Crippen LogP contribution in [0.2, 0.25) is 10.0 Å². The first kappa shape index (κ1) is 21.2. The Morgan fingerprint density at radius 1 is 1.06 bits per heavy atom. The number of methoxy groups -OCH3 is 2. The van der Waals surface area contributed by atoms with E-state index in [-0.39, 0.29) is 5.02 Å². The number of pyridine rings is 2. The molecule has 1 unspecified atom stereocenters. The highest BCUT2D eigenvalue weighted by molar-refractivity contribution is 6.36. The van der Waals surface area contributed by atoms with E-state index in [1.165, 1.54) is 12.1 Å². The molecule has 0 aliphatic carbocycles. The summed E-state index contributed by atoms with van der Waals surface area (Å²) in [6, 6.07) is 8.06. The van der Waals surface area contributed by atoms with E-state index in [0.717, 1.165) is 0 Å². The molecule has 0 saturated carbocycles. The van der Waals surface area contributed by atoms with Crippen molar-refractivity contribution in [2.75, 3.05) is 14.2 Å². The molecule has 6 nitrogen and oxygen atoms in total. The molecular formula is C22H18Cl2FN3O3. The van der Waals surface area contributed by atoms with Crippen LogP contribution in [0.5, 0.6) is 11.5 Å². The van der Waals surface area contributed by atoms with Gasteiger partial charge in [-0.05, 0) is 31.2 Å². The standard InChI is InChI=1S/C22H18Cl2FN3O3/c1-12(19-14(23)4-5-15(25)20(19)24)31-28-9-7-16-17(28)10-13(11-27-16)21-22(30-3)18(29-2)6-8-26-21/h4-12H,1-3H3. The number of fused-ring (bicyclic) bond motifs is 1. The molecule has 0 aliphatic heterocycles. The predicted molar refractivity (Wildman–Crippen MR) is 117 cm³/mol. The van der Waals surface area contributed by atoms with Gasteiger partial charge in [-0.2, -0.15) is 4.73 Å². The first-order chi connectivity index (χ1) is 14.9. The number of aromatic nitrogens is 3. The van der Waals surface area contributed by atoms with Gasteiger partial charge >= 0.3 is 0 Å². The second-order valence-corrected chi connectivity index (χ2v) is 7.45. The smallest absolute Gasteiger partial charge is 0.187 e. The van der Waals surface area contributed by atoms with E-state index in [9.17, 15) is 4.39 Å². The maximum absolute atomic E-state index is 13.9. The number of benzene rings is 1. The van der Waals surface area contributed by atoms with E-state index < -0.39 is 11.9 Å². The first-order valence-electron chi connectivity index (χ1n) is 9.29. The molecule has 0 N–H and O–H groups in total. The zero-order valence-electron chi connectivity index (χ0n) is 16.9. The number of nitrogens with zero attached hydrogens (tertiary/aromatic N) is 3. The Kier molecular flexibility index (Phi) is 5.89. The molecule has 0 aliphatic rings. The summed E-state index contributed by atoms with van der Waals surface area (Å²) in [7, 11) is 3.11. The largest absolute Gasteiger partial charge is 0.493 e. The number of ether oxygens (including phenoxy) is 2. The van der Waals surface area contributed by atoms with Crippen LogP contribution in [-0.4, -0.2) is 28.9 Å². The molecule has 1 atom stereocenters. The van der Waals surface area contributed by atoms with Crippen LogP contribution in [0.25, 0.3) is 22.3 Å². The van der Waals surface area contributed by atoms with Gasteiger partial charge in [-0.3, -0.25) is 9.97 Å². The summed E-state index contributed by atoms with van der Waals surface area (Å²) in [6.45, 7) is 1.74. The van der Waals surface area contributed by atoms with Crippen LogP contribution in [0.4, 0.5) is 4.39 Å². The van der Waals surface area contributed by atoms with Gasteiger partial charge in [0, 0.05) is 40.8 Å². The average Bonchev–Trinajstić information content (AvgIpc) is 3.17. The second kappa shape index (κ2) is 8.61. The molecule has 3 aromatic heterocycles. The summed E-state index contributed by atoms with van der Waals surface area (Å²) in [5.41, 5.74) is 3.04. The van der Waals surface area contributed by atoms with Crippen molar-refractivity contribution in [3.63, 3.8) is 0 Å². The average molecular weight is 462 g/mol. The third-order valence-electron chi connectivity index (χ3n) is 4.83. The minimum Gasteiger partial charge on any atom is -0.493 e. The Morgan fingerprint density at radius 3 is 2.61 bits per heavy atom. The van der Waals surface area contributed by atoms with Gasteiger partial charge in [0.2, 0.25) is 0 Å². The van der Waals surface area contributed by atoms with E-state index in [1.807, 2.05) is 6.07 Å². The SMILES string of the molecule is COc1ccnc(-c2cnc3ccn(OC(C)c4c(Cl)ccc(F)c4Cl)c3c2)c1OC. The Balaban J connectivity index is 1.75. The van der Waals surface area contributed by atoms with Crippen molar-refractivity contribution in [3.8, 4) is 22.8 Å². The number of hydrogen-bond acceptors (Lipinski definition) is 5. The maximum atomic E-state index is 13.9. The van der Waals surface area contributed by atoms with Gasteiger partial charge in [-0.1, -0.05) is 23.2 Å². The van der Waals surface area contributed by atoms with E-state index in [2.05, 4.69) is 9.97 Å². The summed E-state index contributed by atoms with van der Waals surface area (Å²) in [5, 5.41) is 0.250. The Morgan fingerprint density at radius 2 is 1.87 bits per heavy atom. The van der Waals surface area contributed by atoms with Crippen LogP contribution in [0.15, 0.2) is 48.9 Å². The monoisotopic (exact) mass is 461 g/mol. The van der Waals surface area contributed by atoms with Crippen LogP contribution in [0.1, 0.15) is 18.6 Å². The Labute approximate surface area is 188 Å². The summed E-state index contributed by atoms with van der Waals surface area (Å²) >= 11 is 12.4. The van der Waals surface area contributed by atoms with E-state index in [4.69, 9.17) is 37.5 Å². The van der Waals surface area contributed by atoms with Crippen LogP contribution < -0.4 is 14.3 Å². The van der Waals surface area contributed by atoms with Crippen LogP contribution >= 0.6 is 23.2 Å². The molecule has 4 rings (SSSR count). The van der Waals surface area contributed by atoms with Gasteiger partial charge in [0.15, 0.2) is 17.6 Å². The van der Waals surface area contributed by atoms with Crippen molar-refractivity contribution in [1.82, 2.24) is 14.7 Å². The molecule has 4 aromatic rings. The number of hydrogen-bond donors (Lipinski definition) is 0. The first-order valence-corrected chi connectivity index (χ1v) is 10.0. The molecule has 0 spiro atoms. The molecule has 9 heteroatoms. The number of rotatable bonds is 6. The highest BCUT2D eigenvalue weighted by Crippen LogP contribution is 2.37. The molecule has 1 aromatic carbocycles. The molecule has 160 valence electrons. The van der Waals surface area contributed by atoms with E-state index in [0.29, 0.717) is 44.4 Å². The molecule has 0 bridgehead atoms. The molecule has 0 saturated heterocycles. The Hall–Kier alpha value is -3.03. The zero-order valence-corrected chi connectivity index (χ0v) is 18.4. The quantitative estimate of drug-likeness (QED) is 0.342. The Bertz CT molecular complexity index is 1260. The summed E-state index contributed by atoms with van der Waals surface area (Å²) in [6.07, 6.45) is 4.42. The van der Waals surface area contributed by atoms with Gasteiger partial charge < -0.3 is 14.3 Å². The van der Waals surface area contributed by atoms with Gasteiger partial charge in [0.25, 0.3) is 0 Å². The fraction of sp³-hybridized carbons (Fsp3) is 0.182. The molecule has 0 radical (unpaired) electrons. The van der Waals surface area contributed by atoms with Crippen molar-refractivity contribution in [3.05, 3.63) is 70.3 Å². The minimum atomic E-state index is -0.626. The lowest BCUT2D eigenvalue weighted by Crippen LogP contribution is -2.16.